The van der Waals surface area contributed by atoms with Crippen LogP contribution in [0.2, 0.25) is 0 Å². The van der Waals surface area contributed by atoms with E-state index in [0.29, 0.717) is 5.92 Å². The fraction of sp³-hybridized carbons (Fsp3) is 0.556. The van der Waals surface area contributed by atoms with Crippen LogP contribution in [-0.4, -0.2) is 30.0 Å². The van der Waals surface area contributed by atoms with E-state index in [0.717, 1.165) is 54.2 Å². The van der Waals surface area contributed by atoms with Gasteiger partial charge in [0.25, 0.3) is 0 Å². The molecule has 0 aliphatic heterocycles. The third-order valence-electron chi connectivity index (χ3n) is 5.26. The minimum absolute atomic E-state index is 0.269. The highest BCUT2D eigenvalue weighted by Crippen LogP contribution is 2.42. The summed E-state index contributed by atoms with van der Waals surface area (Å²) < 4.78 is 39.1. The second-order valence-electron chi connectivity index (χ2n) is 6.72. The van der Waals surface area contributed by atoms with Crippen LogP contribution in [0.1, 0.15) is 43.0 Å². The minimum Gasteiger partial charge on any atom is -0.358 e. The molecule has 0 saturated carbocycles. The first kappa shape index (κ1) is 16.4. The normalized spacial score (nSPS) is 21.9. The SMILES string of the molecule is CCN(C)CC1CCc2[nH]c3ccc(C(F)(F)F)cc3c2C1C. The van der Waals surface area contributed by atoms with Gasteiger partial charge in [0.2, 0.25) is 0 Å². The Kier molecular flexibility index (Phi) is 4.17. The molecule has 126 valence electrons. The van der Waals surface area contributed by atoms with E-state index in [1.54, 1.807) is 6.07 Å². The highest BCUT2D eigenvalue weighted by molar-refractivity contribution is 5.86. The molecule has 1 aromatic heterocycles. The summed E-state index contributed by atoms with van der Waals surface area (Å²) in [6.45, 7) is 6.25. The third kappa shape index (κ3) is 2.99. The van der Waals surface area contributed by atoms with E-state index in [1.165, 1.54) is 6.07 Å². The monoisotopic (exact) mass is 324 g/mol. The lowest BCUT2D eigenvalue weighted by Gasteiger charge is -2.32. The lowest BCUT2D eigenvalue weighted by atomic mass is 9.77. The Hall–Kier alpha value is -1.49. The zero-order valence-electron chi connectivity index (χ0n) is 13.8. The van der Waals surface area contributed by atoms with Crippen LogP contribution in [-0.2, 0) is 12.6 Å². The molecule has 0 saturated heterocycles. The summed E-state index contributed by atoms with van der Waals surface area (Å²) in [6.07, 6.45) is -2.30. The molecule has 0 amide bonds. The van der Waals surface area contributed by atoms with Gasteiger partial charge in [-0.05, 0) is 62.0 Å². The molecular formula is C18H23F3N2. The molecular weight excluding hydrogens is 301 g/mol. The van der Waals surface area contributed by atoms with Crippen molar-refractivity contribution in [1.82, 2.24) is 9.88 Å². The standard InChI is InChI=1S/C18H23F3N2/c1-4-23(3)10-12-5-7-16-17(11(12)2)14-9-13(18(19,20)21)6-8-15(14)22-16/h6,8-9,11-12,22H,4-5,7,10H2,1-3H3. The van der Waals surface area contributed by atoms with Gasteiger partial charge in [0, 0.05) is 23.1 Å². The van der Waals surface area contributed by atoms with Crippen molar-refractivity contribution < 1.29 is 13.2 Å². The summed E-state index contributed by atoms with van der Waals surface area (Å²) in [6, 6.07) is 4.04. The van der Waals surface area contributed by atoms with Crippen molar-refractivity contribution in [3.05, 3.63) is 35.0 Å². The molecule has 5 heteroatoms. The van der Waals surface area contributed by atoms with Gasteiger partial charge in [0.05, 0.1) is 5.56 Å². The smallest absolute Gasteiger partial charge is 0.358 e. The largest absolute Gasteiger partial charge is 0.416 e. The van der Waals surface area contributed by atoms with E-state index >= 15 is 0 Å². The van der Waals surface area contributed by atoms with Crippen LogP contribution in [0.4, 0.5) is 13.2 Å². The fourth-order valence-electron chi connectivity index (χ4n) is 3.76. The first-order chi connectivity index (χ1) is 10.8. The van der Waals surface area contributed by atoms with Gasteiger partial charge in [-0.2, -0.15) is 13.2 Å². The van der Waals surface area contributed by atoms with Crippen LogP contribution in [0.15, 0.2) is 18.2 Å². The van der Waals surface area contributed by atoms with Crippen molar-refractivity contribution >= 4 is 10.9 Å². The Balaban J connectivity index is 2.02. The number of alkyl halides is 3. The number of nitrogens with zero attached hydrogens (tertiary/aromatic N) is 1. The molecule has 1 N–H and O–H groups in total. The van der Waals surface area contributed by atoms with E-state index < -0.39 is 11.7 Å². The maximum atomic E-state index is 13.0. The molecule has 1 aromatic carbocycles. The van der Waals surface area contributed by atoms with Crippen molar-refractivity contribution in [1.29, 1.82) is 0 Å². The summed E-state index contributed by atoms with van der Waals surface area (Å²) >= 11 is 0. The van der Waals surface area contributed by atoms with Crippen LogP contribution in [0.5, 0.6) is 0 Å². The number of benzene rings is 1. The number of aryl methyl sites for hydroxylation is 1. The molecule has 0 bridgehead atoms. The summed E-state index contributed by atoms with van der Waals surface area (Å²) in [5, 5.41) is 0.742. The summed E-state index contributed by atoms with van der Waals surface area (Å²) in [5.41, 5.74) is 2.46. The van der Waals surface area contributed by atoms with Gasteiger partial charge >= 0.3 is 6.18 Å². The molecule has 2 atom stereocenters. The van der Waals surface area contributed by atoms with Gasteiger partial charge < -0.3 is 9.88 Å². The minimum atomic E-state index is -4.29. The number of H-pyrrole nitrogens is 1. The number of halogens is 3. The molecule has 2 aromatic rings. The van der Waals surface area contributed by atoms with E-state index in [2.05, 4.69) is 30.8 Å². The maximum absolute atomic E-state index is 13.0. The molecule has 1 aliphatic rings. The highest BCUT2D eigenvalue weighted by atomic mass is 19.4. The second kappa shape index (κ2) is 5.86. The molecule has 0 spiro atoms. The Bertz CT molecular complexity index is 702. The maximum Gasteiger partial charge on any atom is 0.416 e. The lowest BCUT2D eigenvalue weighted by Crippen LogP contribution is -2.31. The zero-order valence-corrected chi connectivity index (χ0v) is 13.8. The van der Waals surface area contributed by atoms with Crippen LogP contribution >= 0.6 is 0 Å². The molecule has 1 aliphatic carbocycles. The Labute approximate surface area is 134 Å². The van der Waals surface area contributed by atoms with E-state index in [9.17, 15) is 13.2 Å². The van der Waals surface area contributed by atoms with Gasteiger partial charge in [0.15, 0.2) is 0 Å². The fourth-order valence-corrected chi connectivity index (χ4v) is 3.76. The van der Waals surface area contributed by atoms with E-state index in [4.69, 9.17) is 0 Å². The van der Waals surface area contributed by atoms with Crippen molar-refractivity contribution in [2.45, 2.75) is 38.8 Å². The van der Waals surface area contributed by atoms with E-state index in [1.807, 2.05) is 0 Å². The number of hydrogen-bond acceptors (Lipinski definition) is 1. The molecule has 2 unspecified atom stereocenters. The molecule has 0 fully saturated rings. The Morgan fingerprint density at radius 3 is 2.70 bits per heavy atom. The number of nitrogens with one attached hydrogen (secondary N) is 1. The molecule has 0 radical (unpaired) electrons. The zero-order chi connectivity index (χ0) is 16.8. The van der Waals surface area contributed by atoms with Crippen LogP contribution in [0, 0.1) is 5.92 Å². The van der Waals surface area contributed by atoms with Crippen molar-refractivity contribution in [3.63, 3.8) is 0 Å². The summed E-state index contributed by atoms with van der Waals surface area (Å²) in [4.78, 5) is 5.61. The molecule has 3 rings (SSSR count). The Morgan fingerprint density at radius 2 is 2.04 bits per heavy atom. The predicted molar refractivity (Wildman–Crippen MR) is 86.7 cm³/mol. The molecule has 2 nitrogen and oxygen atoms in total. The third-order valence-corrected chi connectivity index (χ3v) is 5.26. The van der Waals surface area contributed by atoms with Crippen molar-refractivity contribution in [2.75, 3.05) is 20.1 Å². The van der Waals surface area contributed by atoms with Gasteiger partial charge in [0.1, 0.15) is 0 Å². The first-order valence-electron chi connectivity index (χ1n) is 8.21. The van der Waals surface area contributed by atoms with Crippen LogP contribution in [0.25, 0.3) is 10.9 Å². The second-order valence-corrected chi connectivity index (χ2v) is 6.72. The quantitative estimate of drug-likeness (QED) is 0.859. The van der Waals surface area contributed by atoms with Crippen LogP contribution < -0.4 is 0 Å². The van der Waals surface area contributed by atoms with Gasteiger partial charge in [-0.15, -0.1) is 0 Å². The summed E-state index contributed by atoms with van der Waals surface area (Å²) in [5.74, 6) is 0.756. The number of aromatic nitrogens is 1. The Morgan fingerprint density at radius 1 is 1.30 bits per heavy atom. The first-order valence-corrected chi connectivity index (χ1v) is 8.21. The average Bonchev–Trinajstić information content (AvgIpc) is 2.87. The van der Waals surface area contributed by atoms with Gasteiger partial charge in [-0.1, -0.05) is 13.8 Å². The number of rotatable bonds is 3. The molecule has 23 heavy (non-hydrogen) atoms. The predicted octanol–water partition coefficient (Wildman–Crippen LogP) is 4.80. The van der Waals surface area contributed by atoms with Crippen molar-refractivity contribution in [3.8, 4) is 0 Å². The number of aromatic amines is 1. The average molecular weight is 324 g/mol. The van der Waals surface area contributed by atoms with E-state index in [-0.39, 0.29) is 5.92 Å². The van der Waals surface area contributed by atoms with Gasteiger partial charge in [-0.25, -0.2) is 0 Å². The van der Waals surface area contributed by atoms with Gasteiger partial charge in [-0.3, -0.25) is 0 Å². The molecule has 1 heterocycles. The number of fused-ring (bicyclic) bond motifs is 3. The van der Waals surface area contributed by atoms with Crippen molar-refractivity contribution in [2.24, 2.45) is 5.92 Å². The van der Waals surface area contributed by atoms with Crippen LogP contribution in [0.3, 0.4) is 0 Å². The number of hydrogen-bond donors (Lipinski definition) is 1. The topological polar surface area (TPSA) is 19.0 Å². The highest BCUT2D eigenvalue weighted by Gasteiger charge is 2.33. The lowest BCUT2D eigenvalue weighted by molar-refractivity contribution is -0.137. The summed E-state index contributed by atoms with van der Waals surface area (Å²) in [7, 11) is 2.10.